The Labute approximate surface area is 158 Å². The molecule has 0 heterocycles. The zero-order valence-electron chi connectivity index (χ0n) is 14.6. The molecule has 0 radical (unpaired) electrons. The fourth-order valence-corrected chi connectivity index (χ4v) is 3.86. The first-order valence-electron chi connectivity index (χ1n) is 8.14. The molecule has 0 atom stereocenters. The van der Waals surface area contributed by atoms with Gasteiger partial charge in [0.2, 0.25) is 9.84 Å². The number of ether oxygens (including phenoxy) is 2. The fourth-order valence-electron chi connectivity index (χ4n) is 2.54. The lowest BCUT2D eigenvalue weighted by Crippen LogP contribution is -2.04. The highest BCUT2D eigenvalue weighted by Crippen LogP contribution is 2.32. The van der Waals surface area contributed by atoms with Crippen molar-refractivity contribution in [1.29, 1.82) is 5.26 Å². The van der Waals surface area contributed by atoms with Crippen LogP contribution in [0.5, 0.6) is 11.5 Å². The largest absolute Gasteiger partial charge is 0.493 e. The van der Waals surface area contributed by atoms with E-state index < -0.39 is 9.84 Å². The molecule has 0 aliphatic carbocycles. The van der Waals surface area contributed by atoms with Crippen LogP contribution in [0.4, 0.5) is 0 Å². The summed E-state index contributed by atoms with van der Waals surface area (Å²) in [6.45, 7) is 0.341. The molecular formula is C21H17NO4S. The molecule has 5 nitrogen and oxygen atoms in total. The molecule has 0 unspecified atom stereocenters. The van der Waals surface area contributed by atoms with Crippen molar-refractivity contribution in [3.8, 4) is 17.6 Å². The average Bonchev–Trinajstić information content (AvgIpc) is 2.72. The Morgan fingerprint density at radius 3 is 2.33 bits per heavy atom. The number of hydrogen-bond donors (Lipinski definition) is 0. The van der Waals surface area contributed by atoms with E-state index in [4.69, 9.17) is 14.7 Å². The molecule has 136 valence electrons. The monoisotopic (exact) mass is 379 g/mol. The normalized spacial score (nSPS) is 10.8. The summed E-state index contributed by atoms with van der Waals surface area (Å²) in [4.78, 5) is 0.128. The maximum Gasteiger partial charge on any atom is 0.206 e. The van der Waals surface area contributed by atoms with E-state index in [1.54, 1.807) is 18.2 Å². The Balaban J connectivity index is 1.90. The van der Waals surface area contributed by atoms with Crippen LogP contribution in [0.2, 0.25) is 0 Å². The number of hydrogen-bond acceptors (Lipinski definition) is 5. The summed E-state index contributed by atoms with van der Waals surface area (Å²) in [6, 6.07) is 22.0. The summed E-state index contributed by atoms with van der Waals surface area (Å²) in [7, 11) is -2.32. The number of benzene rings is 3. The highest BCUT2D eigenvalue weighted by molar-refractivity contribution is 7.91. The van der Waals surface area contributed by atoms with Gasteiger partial charge in [0.25, 0.3) is 0 Å². The summed E-state index contributed by atoms with van der Waals surface area (Å²) in [6.07, 6.45) is 0. The van der Waals surface area contributed by atoms with E-state index in [0.29, 0.717) is 18.1 Å². The van der Waals surface area contributed by atoms with Crippen molar-refractivity contribution in [2.45, 2.75) is 16.4 Å². The zero-order chi connectivity index (χ0) is 19.3. The lowest BCUT2D eigenvalue weighted by atomic mass is 10.2. The van der Waals surface area contributed by atoms with Crippen LogP contribution in [-0.4, -0.2) is 15.5 Å². The lowest BCUT2D eigenvalue weighted by molar-refractivity contribution is 0.284. The molecular weight excluding hydrogens is 362 g/mol. The van der Waals surface area contributed by atoms with Crippen molar-refractivity contribution in [3.05, 3.63) is 83.9 Å². The minimum atomic E-state index is -3.77. The number of methoxy groups -OCH3 is 1. The number of sulfone groups is 1. The van der Waals surface area contributed by atoms with E-state index in [9.17, 15) is 8.42 Å². The van der Waals surface area contributed by atoms with Gasteiger partial charge in [-0.1, -0.05) is 36.4 Å². The minimum Gasteiger partial charge on any atom is -0.493 e. The van der Waals surface area contributed by atoms with Gasteiger partial charge in [-0.15, -0.1) is 0 Å². The minimum absolute atomic E-state index is 0.0570. The first kappa shape index (κ1) is 18.5. The van der Waals surface area contributed by atoms with Crippen molar-refractivity contribution in [3.63, 3.8) is 0 Å². The van der Waals surface area contributed by atoms with Crippen molar-refractivity contribution in [2.24, 2.45) is 0 Å². The predicted molar refractivity (Wildman–Crippen MR) is 100 cm³/mol. The van der Waals surface area contributed by atoms with Crippen LogP contribution in [0, 0.1) is 11.3 Å². The van der Waals surface area contributed by atoms with Crippen LogP contribution < -0.4 is 9.47 Å². The van der Waals surface area contributed by atoms with Crippen LogP contribution in [-0.2, 0) is 16.4 Å². The second kappa shape index (κ2) is 7.94. The van der Waals surface area contributed by atoms with E-state index in [1.165, 1.54) is 31.4 Å². The number of nitrogens with zero attached hydrogens (tertiary/aromatic N) is 1. The molecule has 0 saturated heterocycles. The molecule has 0 aliphatic heterocycles. The van der Waals surface area contributed by atoms with Gasteiger partial charge in [0.1, 0.15) is 6.61 Å². The van der Waals surface area contributed by atoms with Gasteiger partial charge in [-0.2, -0.15) is 5.26 Å². The summed E-state index contributed by atoms with van der Waals surface area (Å²) in [5, 5.41) is 8.99. The van der Waals surface area contributed by atoms with Gasteiger partial charge >= 0.3 is 0 Å². The van der Waals surface area contributed by atoms with Crippen molar-refractivity contribution >= 4 is 9.84 Å². The first-order chi connectivity index (χ1) is 13.0. The predicted octanol–water partition coefficient (Wildman–Crippen LogP) is 3.98. The Hall–Kier alpha value is -3.30. The van der Waals surface area contributed by atoms with Gasteiger partial charge < -0.3 is 9.47 Å². The van der Waals surface area contributed by atoms with Crippen LogP contribution in [0.3, 0.4) is 0 Å². The average molecular weight is 379 g/mol. The molecule has 0 N–H and O–H groups in total. The molecule has 6 heteroatoms. The Morgan fingerprint density at radius 2 is 1.63 bits per heavy atom. The smallest absolute Gasteiger partial charge is 0.206 e. The first-order valence-corrected chi connectivity index (χ1v) is 9.63. The van der Waals surface area contributed by atoms with Gasteiger partial charge in [-0.05, 0) is 35.9 Å². The van der Waals surface area contributed by atoms with Gasteiger partial charge in [-0.3, -0.25) is 0 Å². The quantitative estimate of drug-likeness (QED) is 0.647. The van der Waals surface area contributed by atoms with Gasteiger partial charge in [0.15, 0.2) is 11.5 Å². The Morgan fingerprint density at radius 1 is 0.889 bits per heavy atom. The molecule has 0 spiro atoms. The Kier molecular flexibility index (Phi) is 5.43. The van der Waals surface area contributed by atoms with Crippen LogP contribution in [0.15, 0.2) is 82.6 Å². The fraction of sp³-hybridized carbons (Fsp3) is 0.0952. The molecule has 0 aromatic heterocycles. The molecule has 0 bridgehead atoms. The number of nitriles is 1. The number of rotatable bonds is 6. The van der Waals surface area contributed by atoms with E-state index in [0.717, 1.165) is 5.56 Å². The Bertz CT molecular complexity index is 1090. The third kappa shape index (κ3) is 4.10. The highest BCUT2D eigenvalue weighted by Gasteiger charge is 2.20. The SMILES string of the molecule is COc1cc(S(=O)(=O)c2cccc(C#N)c2)ccc1OCc1ccccc1. The van der Waals surface area contributed by atoms with Crippen LogP contribution in [0.25, 0.3) is 0 Å². The summed E-state index contributed by atoms with van der Waals surface area (Å²) in [5.41, 5.74) is 1.27. The standard InChI is InChI=1S/C21H17NO4S/c1-25-21-13-19(27(23,24)18-9-5-8-17(12-18)14-22)10-11-20(21)26-15-16-6-3-2-4-7-16/h2-13H,15H2,1H3. The van der Waals surface area contributed by atoms with E-state index in [1.807, 2.05) is 36.4 Å². The molecule has 0 saturated carbocycles. The van der Waals surface area contributed by atoms with E-state index in [2.05, 4.69) is 0 Å². The van der Waals surface area contributed by atoms with Gasteiger partial charge in [0.05, 0.1) is 28.5 Å². The molecule has 3 aromatic rings. The zero-order valence-corrected chi connectivity index (χ0v) is 15.4. The molecule has 0 fully saturated rings. The van der Waals surface area contributed by atoms with Crippen LogP contribution in [0.1, 0.15) is 11.1 Å². The molecule has 3 rings (SSSR count). The molecule has 0 amide bonds. The van der Waals surface area contributed by atoms with Crippen molar-refractivity contribution in [1.82, 2.24) is 0 Å². The third-order valence-corrected chi connectivity index (χ3v) is 5.71. The molecule has 3 aromatic carbocycles. The van der Waals surface area contributed by atoms with Crippen LogP contribution >= 0.6 is 0 Å². The third-order valence-electron chi connectivity index (χ3n) is 3.96. The lowest BCUT2D eigenvalue weighted by Gasteiger charge is -2.13. The van der Waals surface area contributed by atoms with Gasteiger partial charge in [-0.25, -0.2) is 8.42 Å². The van der Waals surface area contributed by atoms with E-state index >= 15 is 0 Å². The van der Waals surface area contributed by atoms with E-state index in [-0.39, 0.29) is 15.4 Å². The summed E-state index contributed by atoms with van der Waals surface area (Å²) in [5.74, 6) is 0.773. The maximum atomic E-state index is 12.9. The van der Waals surface area contributed by atoms with Crippen molar-refractivity contribution < 1.29 is 17.9 Å². The van der Waals surface area contributed by atoms with Gasteiger partial charge in [0, 0.05) is 6.07 Å². The van der Waals surface area contributed by atoms with Crippen molar-refractivity contribution in [2.75, 3.05) is 7.11 Å². The maximum absolute atomic E-state index is 12.9. The molecule has 27 heavy (non-hydrogen) atoms. The second-order valence-electron chi connectivity index (χ2n) is 5.73. The topological polar surface area (TPSA) is 76.4 Å². The summed E-state index contributed by atoms with van der Waals surface area (Å²) >= 11 is 0. The summed E-state index contributed by atoms with van der Waals surface area (Å²) < 4.78 is 36.8. The second-order valence-corrected chi connectivity index (χ2v) is 7.68. The molecule has 0 aliphatic rings. The highest BCUT2D eigenvalue weighted by atomic mass is 32.2.